The third-order valence-electron chi connectivity index (χ3n) is 5.76. The first-order chi connectivity index (χ1) is 17.3. The van der Waals surface area contributed by atoms with Gasteiger partial charge in [0.2, 0.25) is 0 Å². The van der Waals surface area contributed by atoms with Crippen LogP contribution in [0.1, 0.15) is 40.2 Å². The molecular formula is C24H26F3N7O3. The number of hydrogen-bond donors (Lipinski definition) is 0. The molecule has 1 aliphatic heterocycles. The highest BCUT2D eigenvalue weighted by Crippen LogP contribution is 2.39. The van der Waals surface area contributed by atoms with E-state index in [4.69, 9.17) is 4.74 Å². The van der Waals surface area contributed by atoms with Crippen molar-refractivity contribution in [3.8, 4) is 17.6 Å². The van der Waals surface area contributed by atoms with Gasteiger partial charge in [0.15, 0.2) is 11.4 Å². The van der Waals surface area contributed by atoms with Crippen LogP contribution in [0.25, 0.3) is 16.9 Å². The third-order valence-corrected chi connectivity index (χ3v) is 5.76. The predicted octanol–water partition coefficient (Wildman–Crippen LogP) is 4.42. The fourth-order valence-electron chi connectivity index (χ4n) is 4.22. The molecule has 196 valence electrons. The lowest BCUT2D eigenvalue weighted by Gasteiger charge is -2.44. The zero-order valence-electron chi connectivity index (χ0n) is 20.9. The molecule has 0 aromatic carbocycles. The zero-order chi connectivity index (χ0) is 27.1. The summed E-state index contributed by atoms with van der Waals surface area (Å²) in [5.74, 6) is -0.0822. The SMILES string of the molecule is C[C@@H]1CN(c2ncnc3c2c(OC(F)(F)F)cn3-c2cc(C#N)ccn2)[C@@H](C)CN1C(=O)OC(C)(C)C. The van der Waals surface area contributed by atoms with Crippen LogP contribution >= 0.6 is 0 Å². The summed E-state index contributed by atoms with van der Waals surface area (Å²) >= 11 is 0. The van der Waals surface area contributed by atoms with Crippen LogP contribution in [-0.4, -0.2) is 67.6 Å². The van der Waals surface area contributed by atoms with Gasteiger partial charge in [-0.1, -0.05) is 0 Å². The van der Waals surface area contributed by atoms with Crippen LogP contribution in [0.3, 0.4) is 0 Å². The molecule has 10 nitrogen and oxygen atoms in total. The first kappa shape index (κ1) is 26.0. The summed E-state index contributed by atoms with van der Waals surface area (Å²) in [5.41, 5.74) is -0.263. The Bertz CT molecular complexity index is 1360. The Morgan fingerprint density at radius 1 is 1.14 bits per heavy atom. The molecule has 0 N–H and O–H groups in total. The fraction of sp³-hybridized carbons (Fsp3) is 0.458. The number of halogens is 3. The van der Waals surface area contributed by atoms with Crippen molar-refractivity contribution in [3.63, 3.8) is 0 Å². The molecule has 0 unspecified atom stereocenters. The fourth-order valence-corrected chi connectivity index (χ4v) is 4.22. The molecule has 0 aliphatic carbocycles. The number of hydrogen-bond acceptors (Lipinski definition) is 8. The van der Waals surface area contributed by atoms with Crippen LogP contribution in [0, 0.1) is 11.3 Å². The molecule has 4 rings (SSSR count). The molecule has 1 aliphatic rings. The third kappa shape index (κ3) is 5.52. The summed E-state index contributed by atoms with van der Waals surface area (Å²) in [6, 6.07) is 4.26. The number of amides is 1. The lowest BCUT2D eigenvalue weighted by atomic mass is 10.1. The van der Waals surface area contributed by atoms with Crippen molar-refractivity contribution in [3.05, 3.63) is 36.4 Å². The van der Waals surface area contributed by atoms with Gasteiger partial charge >= 0.3 is 12.5 Å². The molecule has 1 amide bonds. The van der Waals surface area contributed by atoms with Gasteiger partial charge < -0.3 is 19.3 Å². The largest absolute Gasteiger partial charge is 0.573 e. The van der Waals surface area contributed by atoms with Crippen molar-refractivity contribution in [2.75, 3.05) is 18.0 Å². The van der Waals surface area contributed by atoms with Crippen molar-refractivity contribution < 1.29 is 27.4 Å². The second kappa shape index (κ2) is 9.42. The monoisotopic (exact) mass is 517 g/mol. The first-order valence-corrected chi connectivity index (χ1v) is 11.5. The number of carbonyl (C=O) groups is 1. The summed E-state index contributed by atoms with van der Waals surface area (Å²) in [7, 11) is 0. The van der Waals surface area contributed by atoms with Gasteiger partial charge in [0.05, 0.1) is 17.8 Å². The second-order valence-corrected chi connectivity index (χ2v) is 9.80. The number of aromatic nitrogens is 4. The smallest absolute Gasteiger partial charge is 0.444 e. The Kier molecular flexibility index (Phi) is 6.62. The van der Waals surface area contributed by atoms with Gasteiger partial charge in [-0.3, -0.25) is 4.57 Å². The van der Waals surface area contributed by atoms with E-state index in [-0.39, 0.29) is 53.4 Å². The highest BCUT2D eigenvalue weighted by Gasteiger charge is 2.38. The number of piperazine rings is 1. The van der Waals surface area contributed by atoms with Crippen LogP contribution in [0.4, 0.5) is 23.8 Å². The van der Waals surface area contributed by atoms with Crippen LogP contribution in [-0.2, 0) is 4.74 Å². The van der Waals surface area contributed by atoms with Crippen LogP contribution in [0.2, 0.25) is 0 Å². The van der Waals surface area contributed by atoms with Crippen LogP contribution in [0.15, 0.2) is 30.9 Å². The summed E-state index contributed by atoms with van der Waals surface area (Å²) < 4.78 is 51.4. The van der Waals surface area contributed by atoms with E-state index in [2.05, 4.69) is 19.7 Å². The Balaban J connectivity index is 1.78. The molecule has 1 saturated heterocycles. The average molecular weight is 518 g/mol. The molecule has 1 fully saturated rings. The molecule has 3 aromatic rings. The van der Waals surface area contributed by atoms with Gasteiger partial charge in [0.1, 0.15) is 29.0 Å². The minimum Gasteiger partial charge on any atom is -0.444 e. The maximum absolute atomic E-state index is 13.4. The number of rotatable bonds is 3. The van der Waals surface area contributed by atoms with Crippen LogP contribution in [0.5, 0.6) is 5.75 Å². The van der Waals surface area contributed by atoms with E-state index < -0.39 is 23.8 Å². The van der Waals surface area contributed by atoms with E-state index in [9.17, 15) is 23.2 Å². The maximum atomic E-state index is 13.4. The summed E-state index contributed by atoms with van der Waals surface area (Å²) in [5, 5.41) is 9.28. The molecule has 13 heteroatoms. The van der Waals surface area contributed by atoms with E-state index in [1.807, 2.05) is 24.8 Å². The Morgan fingerprint density at radius 2 is 1.86 bits per heavy atom. The number of pyridine rings is 1. The molecule has 3 aromatic heterocycles. The van der Waals surface area contributed by atoms with E-state index in [0.717, 1.165) is 6.20 Å². The van der Waals surface area contributed by atoms with Gasteiger partial charge in [0, 0.05) is 31.4 Å². The molecule has 2 atom stereocenters. The number of alkyl halides is 3. The molecular weight excluding hydrogens is 491 g/mol. The molecule has 0 radical (unpaired) electrons. The Hall–Kier alpha value is -4.08. The van der Waals surface area contributed by atoms with E-state index in [1.165, 1.54) is 29.2 Å². The standard InChI is InChI=1S/C24H26F3N7O3/c1-14-11-33(22(35)37-23(3,4)5)15(2)10-32(14)20-19-17(36-24(25,26)27)12-34(21(19)31-13-30-20)18-8-16(9-28)6-7-29-18/h6-8,12-15H,10-11H2,1-5H3/t14-,15+/m0/s1. The zero-order valence-corrected chi connectivity index (χ0v) is 20.9. The normalized spacial score (nSPS) is 18.6. The van der Waals surface area contributed by atoms with Crippen molar-refractivity contribution >= 4 is 22.9 Å². The highest BCUT2D eigenvalue weighted by molar-refractivity contribution is 5.95. The van der Waals surface area contributed by atoms with Gasteiger partial charge in [-0.2, -0.15) is 5.26 Å². The first-order valence-electron chi connectivity index (χ1n) is 11.5. The van der Waals surface area contributed by atoms with Crippen molar-refractivity contribution in [1.82, 2.24) is 24.4 Å². The van der Waals surface area contributed by atoms with Crippen molar-refractivity contribution in [2.24, 2.45) is 0 Å². The molecule has 0 saturated carbocycles. The van der Waals surface area contributed by atoms with Gasteiger partial charge in [-0.05, 0) is 46.8 Å². The topological polar surface area (TPSA) is 109 Å². The van der Waals surface area contributed by atoms with Crippen molar-refractivity contribution in [2.45, 2.75) is 58.7 Å². The van der Waals surface area contributed by atoms with Crippen molar-refractivity contribution in [1.29, 1.82) is 5.26 Å². The Morgan fingerprint density at radius 3 is 2.51 bits per heavy atom. The van der Waals surface area contributed by atoms with Crippen LogP contribution < -0.4 is 9.64 Å². The number of nitrogens with zero attached hydrogens (tertiary/aromatic N) is 7. The lowest BCUT2D eigenvalue weighted by Crippen LogP contribution is -2.59. The van der Waals surface area contributed by atoms with Gasteiger partial charge in [-0.25, -0.2) is 19.7 Å². The molecule has 37 heavy (non-hydrogen) atoms. The second-order valence-electron chi connectivity index (χ2n) is 9.80. The average Bonchev–Trinajstić information content (AvgIpc) is 3.16. The molecule has 4 heterocycles. The number of ether oxygens (including phenoxy) is 2. The quantitative estimate of drug-likeness (QED) is 0.502. The maximum Gasteiger partial charge on any atom is 0.573 e. The minimum atomic E-state index is -4.97. The lowest BCUT2D eigenvalue weighted by molar-refractivity contribution is -0.274. The number of fused-ring (bicyclic) bond motifs is 1. The number of nitriles is 1. The molecule has 0 bridgehead atoms. The number of anilines is 1. The van der Waals surface area contributed by atoms with E-state index in [1.54, 1.807) is 25.7 Å². The summed E-state index contributed by atoms with van der Waals surface area (Å²) in [6.45, 7) is 9.56. The van der Waals surface area contributed by atoms with Gasteiger partial charge in [0.25, 0.3) is 0 Å². The van der Waals surface area contributed by atoms with E-state index in [0.29, 0.717) is 0 Å². The predicted molar refractivity (Wildman–Crippen MR) is 127 cm³/mol. The van der Waals surface area contributed by atoms with E-state index >= 15 is 0 Å². The van der Waals surface area contributed by atoms with Gasteiger partial charge in [-0.15, -0.1) is 13.2 Å². The summed E-state index contributed by atoms with van der Waals surface area (Å²) in [6.07, 6.45) is -1.67. The highest BCUT2D eigenvalue weighted by atomic mass is 19.4. The number of carbonyl (C=O) groups excluding carboxylic acids is 1. The summed E-state index contributed by atoms with van der Waals surface area (Å²) in [4.78, 5) is 28.9. The minimum absolute atomic E-state index is 0.0359. The Labute approximate surface area is 211 Å². The molecule has 0 spiro atoms.